The van der Waals surface area contributed by atoms with E-state index in [4.69, 9.17) is 0 Å². The maximum atomic E-state index is 2.37. The second kappa shape index (κ2) is 8.50. The molecule has 0 saturated heterocycles. The normalized spacial score (nSPS) is 30.0. The van der Waals surface area contributed by atoms with E-state index in [0.717, 1.165) is 11.8 Å². The van der Waals surface area contributed by atoms with Crippen molar-refractivity contribution < 1.29 is 0 Å². The van der Waals surface area contributed by atoms with Crippen LogP contribution in [0.5, 0.6) is 0 Å². The van der Waals surface area contributed by atoms with Crippen LogP contribution in [0.25, 0.3) is 0 Å². The van der Waals surface area contributed by atoms with Gasteiger partial charge in [0, 0.05) is 0 Å². The Morgan fingerprint density at radius 3 is 1.73 bits per heavy atom. The van der Waals surface area contributed by atoms with E-state index in [1.807, 2.05) is 11.8 Å². The Morgan fingerprint density at radius 1 is 0.867 bits per heavy atom. The molecule has 0 unspecified atom stereocenters. The van der Waals surface area contributed by atoms with Crippen LogP contribution in [0.1, 0.15) is 64.7 Å². The van der Waals surface area contributed by atoms with E-state index in [2.05, 4.69) is 13.2 Å². The van der Waals surface area contributed by atoms with Crippen LogP contribution in [0.3, 0.4) is 0 Å². The second-order valence-electron chi connectivity index (χ2n) is 5.16. The van der Waals surface area contributed by atoms with E-state index < -0.39 is 0 Å². The molecule has 1 saturated carbocycles. The first-order valence-electron chi connectivity index (χ1n) is 6.85. The first-order chi connectivity index (χ1) is 7.36. The molecule has 0 aromatic rings. The summed E-state index contributed by atoms with van der Waals surface area (Å²) >= 11 is 2.04. The van der Waals surface area contributed by atoms with Crippen LogP contribution in [-0.4, -0.2) is 12.0 Å². The Morgan fingerprint density at radius 2 is 1.33 bits per heavy atom. The molecule has 0 nitrogen and oxygen atoms in total. The molecule has 1 heteroatoms. The molecule has 1 aliphatic carbocycles. The molecular formula is C14H28S. The molecule has 0 amide bonds. The number of hydrogen-bond acceptors (Lipinski definition) is 1. The van der Waals surface area contributed by atoms with Crippen molar-refractivity contribution in [2.75, 3.05) is 12.0 Å². The van der Waals surface area contributed by atoms with Crippen LogP contribution in [0, 0.1) is 11.8 Å². The molecular weight excluding hydrogens is 200 g/mol. The molecule has 0 radical (unpaired) electrons. The summed E-state index contributed by atoms with van der Waals surface area (Å²) in [5, 5.41) is 0. The highest BCUT2D eigenvalue weighted by Gasteiger charge is 2.12. The molecule has 0 spiro atoms. The SMILES string of the molecule is CCC1CCCCC(CSC)CCCC1. The number of rotatable bonds is 3. The van der Waals surface area contributed by atoms with Crippen molar-refractivity contribution in [1.82, 2.24) is 0 Å². The maximum absolute atomic E-state index is 2.37. The molecule has 1 aliphatic rings. The lowest BCUT2D eigenvalue weighted by Crippen LogP contribution is -2.07. The van der Waals surface area contributed by atoms with Crippen LogP contribution >= 0.6 is 11.8 Å². The number of hydrogen-bond donors (Lipinski definition) is 0. The lowest BCUT2D eigenvalue weighted by molar-refractivity contribution is 0.351. The van der Waals surface area contributed by atoms with Crippen LogP contribution < -0.4 is 0 Å². The van der Waals surface area contributed by atoms with Crippen LogP contribution in [0.15, 0.2) is 0 Å². The lowest BCUT2D eigenvalue weighted by atomic mass is 9.88. The lowest BCUT2D eigenvalue weighted by Gasteiger charge is -2.20. The molecule has 1 rings (SSSR count). The van der Waals surface area contributed by atoms with Gasteiger partial charge in [0.25, 0.3) is 0 Å². The smallest absolute Gasteiger partial charge is 0.00419 e. The van der Waals surface area contributed by atoms with Gasteiger partial charge in [0.1, 0.15) is 0 Å². The minimum Gasteiger partial charge on any atom is -0.165 e. The minimum absolute atomic E-state index is 1.03. The quantitative estimate of drug-likeness (QED) is 0.645. The van der Waals surface area contributed by atoms with Crippen molar-refractivity contribution in [2.45, 2.75) is 64.7 Å². The zero-order valence-electron chi connectivity index (χ0n) is 10.6. The average molecular weight is 228 g/mol. The summed E-state index contributed by atoms with van der Waals surface area (Å²) in [4.78, 5) is 0. The zero-order chi connectivity index (χ0) is 10.9. The summed E-state index contributed by atoms with van der Waals surface area (Å²) in [6.07, 6.45) is 15.6. The zero-order valence-corrected chi connectivity index (χ0v) is 11.5. The van der Waals surface area contributed by atoms with E-state index >= 15 is 0 Å². The van der Waals surface area contributed by atoms with Crippen LogP contribution in [-0.2, 0) is 0 Å². The van der Waals surface area contributed by atoms with Gasteiger partial charge in [-0.2, -0.15) is 11.8 Å². The molecule has 0 atom stereocenters. The fourth-order valence-electron chi connectivity index (χ4n) is 2.83. The molecule has 1 fully saturated rings. The molecule has 15 heavy (non-hydrogen) atoms. The van der Waals surface area contributed by atoms with Crippen molar-refractivity contribution in [3.05, 3.63) is 0 Å². The first-order valence-corrected chi connectivity index (χ1v) is 8.25. The summed E-state index contributed by atoms with van der Waals surface area (Å²) in [7, 11) is 0. The topological polar surface area (TPSA) is 0 Å². The van der Waals surface area contributed by atoms with Crippen molar-refractivity contribution in [3.8, 4) is 0 Å². The number of thioether (sulfide) groups is 1. The Balaban J connectivity index is 2.26. The van der Waals surface area contributed by atoms with E-state index in [0.29, 0.717) is 0 Å². The van der Waals surface area contributed by atoms with Gasteiger partial charge in [-0.25, -0.2) is 0 Å². The van der Waals surface area contributed by atoms with Crippen molar-refractivity contribution in [3.63, 3.8) is 0 Å². The minimum atomic E-state index is 1.03. The van der Waals surface area contributed by atoms with E-state index in [-0.39, 0.29) is 0 Å². The Labute approximate surface area is 101 Å². The van der Waals surface area contributed by atoms with Crippen LogP contribution in [0.2, 0.25) is 0 Å². The van der Waals surface area contributed by atoms with E-state index in [9.17, 15) is 0 Å². The Kier molecular flexibility index (Phi) is 7.60. The van der Waals surface area contributed by atoms with E-state index in [1.165, 1.54) is 63.5 Å². The van der Waals surface area contributed by atoms with Gasteiger partial charge < -0.3 is 0 Å². The molecule has 0 bridgehead atoms. The molecule has 0 heterocycles. The summed E-state index contributed by atoms with van der Waals surface area (Å²) in [6, 6.07) is 0. The standard InChI is InChI=1S/C14H28S/c1-3-13-8-4-6-10-14(12-15-2)11-7-5-9-13/h13-14H,3-12H2,1-2H3. The third-order valence-corrected chi connectivity index (χ3v) is 4.73. The molecule has 0 aromatic heterocycles. The Bertz CT molecular complexity index is 132. The highest BCUT2D eigenvalue weighted by Crippen LogP contribution is 2.27. The van der Waals surface area contributed by atoms with Gasteiger partial charge in [0.05, 0.1) is 0 Å². The van der Waals surface area contributed by atoms with Crippen molar-refractivity contribution in [1.29, 1.82) is 0 Å². The molecule has 0 N–H and O–H groups in total. The average Bonchev–Trinajstić information content (AvgIpc) is 2.27. The molecule has 0 aliphatic heterocycles. The highest BCUT2D eigenvalue weighted by atomic mass is 32.2. The van der Waals surface area contributed by atoms with Gasteiger partial charge >= 0.3 is 0 Å². The third kappa shape index (κ3) is 5.85. The largest absolute Gasteiger partial charge is 0.165 e. The predicted octanol–water partition coefficient (Wildman–Crippen LogP) is 5.13. The summed E-state index contributed by atoms with van der Waals surface area (Å²) < 4.78 is 0. The first kappa shape index (κ1) is 13.4. The fraction of sp³-hybridized carbons (Fsp3) is 1.00. The van der Waals surface area contributed by atoms with Crippen molar-refractivity contribution >= 4 is 11.8 Å². The predicted molar refractivity (Wildman–Crippen MR) is 72.6 cm³/mol. The van der Waals surface area contributed by atoms with Gasteiger partial charge in [-0.15, -0.1) is 0 Å². The van der Waals surface area contributed by atoms with Gasteiger partial charge in [-0.3, -0.25) is 0 Å². The summed E-state index contributed by atoms with van der Waals surface area (Å²) in [5.74, 6) is 3.47. The third-order valence-electron chi connectivity index (χ3n) is 3.93. The van der Waals surface area contributed by atoms with E-state index in [1.54, 1.807) is 0 Å². The maximum Gasteiger partial charge on any atom is -0.00419 e. The monoisotopic (exact) mass is 228 g/mol. The molecule has 0 aromatic carbocycles. The van der Waals surface area contributed by atoms with Gasteiger partial charge in [-0.1, -0.05) is 51.9 Å². The fourth-order valence-corrected chi connectivity index (χ4v) is 3.64. The summed E-state index contributed by atoms with van der Waals surface area (Å²) in [5.41, 5.74) is 0. The second-order valence-corrected chi connectivity index (χ2v) is 6.08. The van der Waals surface area contributed by atoms with Gasteiger partial charge in [0.2, 0.25) is 0 Å². The van der Waals surface area contributed by atoms with Crippen LogP contribution in [0.4, 0.5) is 0 Å². The highest BCUT2D eigenvalue weighted by molar-refractivity contribution is 7.98. The van der Waals surface area contributed by atoms with Crippen molar-refractivity contribution in [2.24, 2.45) is 11.8 Å². The van der Waals surface area contributed by atoms with Gasteiger partial charge in [0.15, 0.2) is 0 Å². The van der Waals surface area contributed by atoms with Gasteiger partial charge in [-0.05, 0) is 36.7 Å². The molecule has 90 valence electrons. The summed E-state index contributed by atoms with van der Waals surface area (Å²) in [6.45, 7) is 2.37. The Hall–Kier alpha value is 0.350.